The molecule has 1 saturated heterocycles. The minimum absolute atomic E-state index is 0.0245. The number of anilines is 1. The maximum atomic E-state index is 13.1. The number of carbonyl (C=O) groups excluding carboxylic acids is 2. The van der Waals surface area contributed by atoms with Gasteiger partial charge in [0.05, 0.1) is 25.9 Å². The molecular formula is C18H24N2O4. The molecule has 0 saturated carbocycles. The van der Waals surface area contributed by atoms with Crippen molar-refractivity contribution in [1.82, 2.24) is 4.90 Å². The van der Waals surface area contributed by atoms with E-state index >= 15 is 0 Å². The third-order valence-electron chi connectivity index (χ3n) is 4.83. The molecule has 2 aliphatic rings. The lowest BCUT2D eigenvalue weighted by Crippen LogP contribution is -2.53. The first-order valence-electron chi connectivity index (χ1n) is 8.38. The van der Waals surface area contributed by atoms with Crippen molar-refractivity contribution in [3.63, 3.8) is 0 Å². The SMILES string of the molecule is COc1ccc(C)c2c1N(C(=O)C1CN(C(C)=O)CCO1)CCC2. The Morgan fingerprint density at radius 1 is 1.29 bits per heavy atom. The summed E-state index contributed by atoms with van der Waals surface area (Å²) in [5.74, 6) is 0.595. The van der Waals surface area contributed by atoms with Gasteiger partial charge in [-0.25, -0.2) is 0 Å². The third-order valence-corrected chi connectivity index (χ3v) is 4.83. The van der Waals surface area contributed by atoms with Gasteiger partial charge in [-0.05, 0) is 37.0 Å². The fraction of sp³-hybridized carbons (Fsp3) is 0.556. The summed E-state index contributed by atoms with van der Waals surface area (Å²) in [4.78, 5) is 28.1. The van der Waals surface area contributed by atoms with E-state index in [0.717, 1.165) is 24.1 Å². The Balaban J connectivity index is 1.90. The Bertz CT molecular complexity index is 659. The maximum absolute atomic E-state index is 13.1. The van der Waals surface area contributed by atoms with Gasteiger partial charge in [0.25, 0.3) is 5.91 Å². The molecule has 1 aromatic rings. The molecule has 2 aliphatic heterocycles. The number of aryl methyl sites for hydroxylation is 1. The Morgan fingerprint density at radius 2 is 2.08 bits per heavy atom. The summed E-state index contributed by atoms with van der Waals surface area (Å²) in [5.41, 5.74) is 3.18. The molecule has 0 aliphatic carbocycles. The molecule has 0 N–H and O–H groups in total. The van der Waals surface area contributed by atoms with E-state index in [1.807, 2.05) is 12.1 Å². The van der Waals surface area contributed by atoms with Crippen molar-refractivity contribution in [3.05, 3.63) is 23.3 Å². The zero-order valence-electron chi connectivity index (χ0n) is 14.5. The number of nitrogens with zero attached hydrogens (tertiary/aromatic N) is 2. The van der Waals surface area contributed by atoms with Crippen LogP contribution in [0.2, 0.25) is 0 Å². The molecule has 0 spiro atoms. The van der Waals surface area contributed by atoms with Crippen LogP contribution in [0.3, 0.4) is 0 Å². The number of rotatable bonds is 2. The monoisotopic (exact) mass is 332 g/mol. The smallest absolute Gasteiger partial charge is 0.258 e. The van der Waals surface area contributed by atoms with E-state index in [1.165, 1.54) is 12.5 Å². The number of methoxy groups -OCH3 is 1. The van der Waals surface area contributed by atoms with Crippen LogP contribution in [-0.2, 0) is 20.7 Å². The van der Waals surface area contributed by atoms with Crippen LogP contribution in [0.4, 0.5) is 5.69 Å². The Labute approximate surface area is 142 Å². The quantitative estimate of drug-likeness (QED) is 0.824. The van der Waals surface area contributed by atoms with Crippen LogP contribution >= 0.6 is 0 Å². The predicted molar refractivity (Wildman–Crippen MR) is 90.4 cm³/mol. The van der Waals surface area contributed by atoms with Crippen molar-refractivity contribution in [3.8, 4) is 5.75 Å². The average Bonchev–Trinajstić information content (AvgIpc) is 2.61. The fourth-order valence-electron chi connectivity index (χ4n) is 3.50. The molecule has 0 radical (unpaired) electrons. The van der Waals surface area contributed by atoms with Gasteiger partial charge in [-0.15, -0.1) is 0 Å². The van der Waals surface area contributed by atoms with Gasteiger partial charge >= 0.3 is 0 Å². The molecular weight excluding hydrogens is 308 g/mol. The van der Waals surface area contributed by atoms with Crippen molar-refractivity contribution in [2.24, 2.45) is 0 Å². The van der Waals surface area contributed by atoms with Gasteiger partial charge in [0.15, 0.2) is 6.10 Å². The normalized spacial score (nSPS) is 20.5. The van der Waals surface area contributed by atoms with Crippen LogP contribution in [0.25, 0.3) is 0 Å². The highest BCUT2D eigenvalue weighted by Crippen LogP contribution is 2.38. The highest BCUT2D eigenvalue weighted by Gasteiger charge is 2.35. The van der Waals surface area contributed by atoms with E-state index in [4.69, 9.17) is 9.47 Å². The van der Waals surface area contributed by atoms with E-state index in [1.54, 1.807) is 16.9 Å². The molecule has 1 atom stereocenters. The van der Waals surface area contributed by atoms with Crippen molar-refractivity contribution >= 4 is 17.5 Å². The lowest BCUT2D eigenvalue weighted by molar-refractivity contribution is -0.144. The van der Waals surface area contributed by atoms with Crippen molar-refractivity contribution in [2.45, 2.75) is 32.8 Å². The Kier molecular flexibility index (Phi) is 4.76. The molecule has 0 bridgehead atoms. The number of carbonyl (C=O) groups is 2. The third kappa shape index (κ3) is 2.98. The summed E-state index contributed by atoms with van der Waals surface area (Å²) < 4.78 is 11.2. The molecule has 6 nitrogen and oxygen atoms in total. The van der Waals surface area contributed by atoms with Crippen molar-refractivity contribution < 1.29 is 19.1 Å². The van der Waals surface area contributed by atoms with Crippen molar-refractivity contribution in [1.29, 1.82) is 0 Å². The van der Waals surface area contributed by atoms with E-state index in [0.29, 0.717) is 32.0 Å². The van der Waals surface area contributed by atoms with Crippen LogP contribution in [0.1, 0.15) is 24.5 Å². The van der Waals surface area contributed by atoms with Gasteiger partial charge in [0.1, 0.15) is 5.75 Å². The molecule has 24 heavy (non-hydrogen) atoms. The summed E-state index contributed by atoms with van der Waals surface area (Å²) in [6.45, 7) is 5.47. The number of fused-ring (bicyclic) bond motifs is 1. The van der Waals surface area contributed by atoms with Crippen LogP contribution in [0.15, 0.2) is 12.1 Å². The number of hydrogen-bond donors (Lipinski definition) is 0. The summed E-state index contributed by atoms with van der Waals surface area (Å²) in [6.07, 6.45) is 1.24. The highest BCUT2D eigenvalue weighted by atomic mass is 16.5. The molecule has 3 rings (SSSR count). The summed E-state index contributed by atoms with van der Waals surface area (Å²) in [7, 11) is 1.62. The molecule has 0 aromatic heterocycles. The van der Waals surface area contributed by atoms with Gasteiger partial charge in [0.2, 0.25) is 5.91 Å². The topological polar surface area (TPSA) is 59.1 Å². The van der Waals surface area contributed by atoms with E-state index in [-0.39, 0.29) is 11.8 Å². The van der Waals surface area contributed by atoms with Crippen LogP contribution in [0, 0.1) is 6.92 Å². The zero-order chi connectivity index (χ0) is 17.3. The van der Waals surface area contributed by atoms with Gasteiger partial charge < -0.3 is 19.3 Å². The second-order valence-corrected chi connectivity index (χ2v) is 6.33. The lowest BCUT2D eigenvalue weighted by atomic mass is 9.95. The fourth-order valence-corrected chi connectivity index (χ4v) is 3.50. The second-order valence-electron chi connectivity index (χ2n) is 6.33. The first-order valence-corrected chi connectivity index (χ1v) is 8.38. The summed E-state index contributed by atoms with van der Waals surface area (Å²) in [6, 6.07) is 3.93. The molecule has 2 heterocycles. The highest BCUT2D eigenvalue weighted by molar-refractivity contribution is 5.99. The number of amides is 2. The van der Waals surface area contributed by atoms with Crippen molar-refractivity contribution in [2.75, 3.05) is 38.3 Å². The number of morpholine rings is 1. The lowest BCUT2D eigenvalue weighted by Gasteiger charge is -2.37. The zero-order valence-corrected chi connectivity index (χ0v) is 14.5. The van der Waals surface area contributed by atoms with Gasteiger partial charge in [0, 0.05) is 20.0 Å². The first-order chi connectivity index (χ1) is 11.5. The summed E-state index contributed by atoms with van der Waals surface area (Å²) >= 11 is 0. The first kappa shape index (κ1) is 16.8. The number of benzene rings is 1. The van der Waals surface area contributed by atoms with E-state index in [9.17, 15) is 9.59 Å². The second kappa shape index (κ2) is 6.81. The van der Waals surface area contributed by atoms with E-state index in [2.05, 4.69) is 6.92 Å². The predicted octanol–water partition coefficient (Wildman–Crippen LogP) is 1.53. The van der Waals surface area contributed by atoms with Gasteiger partial charge in [-0.3, -0.25) is 9.59 Å². The molecule has 2 amide bonds. The van der Waals surface area contributed by atoms with Crippen LogP contribution in [0.5, 0.6) is 5.75 Å². The number of ether oxygens (including phenoxy) is 2. The van der Waals surface area contributed by atoms with E-state index < -0.39 is 6.10 Å². The number of hydrogen-bond acceptors (Lipinski definition) is 4. The molecule has 1 unspecified atom stereocenters. The summed E-state index contributed by atoms with van der Waals surface area (Å²) in [5, 5.41) is 0. The molecule has 1 aromatic carbocycles. The minimum atomic E-state index is -0.612. The maximum Gasteiger partial charge on any atom is 0.258 e. The Morgan fingerprint density at radius 3 is 2.79 bits per heavy atom. The standard InChI is InChI=1S/C18H24N2O4/c1-12-6-7-15(23-3)17-14(12)5-4-8-20(17)18(22)16-11-19(13(2)21)9-10-24-16/h6-7,16H,4-5,8-11H2,1-3H3. The van der Waals surface area contributed by atoms with Gasteiger partial charge in [-0.1, -0.05) is 6.07 Å². The minimum Gasteiger partial charge on any atom is -0.495 e. The molecule has 130 valence electrons. The van der Waals surface area contributed by atoms with Gasteiger partial charge in [-0.2, -0.15) is 0 Å². The largest absolute Gasteiger partial charge is 0.495 e. The molecule has 1 fully saturated rings. The van der Waals surface area contributed by atoms with Crippen LogP contribution in [-0.4, -0.2) is 56.2 Å². The molecule has 6 heteroatoms. The Hall–Kier alpha value is -2.08. The van der Waals surface area contributed by atoms with Crippen LogP contribution < -0.4 is 9.64 Å². The average molecular weight is 332 g/mol.